The zero-order chi connectivity index (χ0) is 35.4. The van der Waals surface area contributed by atoms with Crippen LogP contribution in [0.1, 0.15) is 53.5 Å². The number of phenols is 1. The molecule has 3 aliphatic carbocycles. The van der Waals surface area contributed by atoms with Gasteiger partial charge in [0.05, 0.1) is 22.9 Å². The number of benzene rings is 4. The number of fused-ring (bicyclic) bond motifs is 4. The smallest absolute Gasteiger partial charge is 0.238 e. The van der Waals surface area contributed by atoms with Crippen LogP contribution in [0.25, 0.3) is 5.57 Å². The van der Waals surface area contributed by atoms with Gasteiger partial charge >= 0.3 is 0 Å². The van der Waals surface area contributed by atoms with Gasteiger partial charge in [0.2, 0.25) is 11.8 Å². The molecule has 1 saturated carbocycles. The minimum atomic E-state index is -1.41. The second-order valence-electron chi connectivity index (χ2n) is 14.2. The minimum absolute atomic E-state index is 0.0460. The van der Waals surface area contributed by atoms with Crippen molar-refractivity contribution in [1.82, 2.24) is 0 Å². The summed E-state index contributed by atoms with van der Waals surface area (Å²) in [4.78, 5) is 60.4. The van der Waals surface area contributed by atoms with Crippen LogP contribution in [0.5, 0.6) is 5.75 Å². The molecule has 4 aromatic carbocycles. The summed E-state index contributed by atoms with van der Waals surface area (Å²) in [5.41, 5.74) is 3.92. The highest BCUT2D eigenvalue weighted by atomic mass is 16.3. The van der Waals surface area contributed by atoms with Crippen molar-refractivity contribution in [1.29, 1.82) is 0 Å². The third-order valence-electron chi connectivity index (χ3n) is 11.8. The fourth-order valence-corrected chi connectivity index (χ4v) is 9.52. The summed E-state index contributed by atoms with van der Waals surface area (Å²) < 4.78 is 0. The second kappa shape index (κ2) is 12.6. The fourth-order valence-electron chi connectivity index (χ4n) is 9.52. The van der Waals surface area contributed by atoms with Crippen LogP contribution in [-0.2, 0) is 37.4 Å². The second-order valence-corrected chi connectivity index (χ2v) is 14.2. The van der Waals surface area contributed by atoms with Crippen molar-refractivity contribution in [2.45, 2.75) is 43.9 Å². The molecule has 254 valence electrons. The molecule has 2 fully saturated rings. The van der Waals surface area contributed by atoms with Gasteiger partial charge in [0, 0.05) is 23.0 Å². The Morgan fingerprint density at radius 3 is 2.24 bits per heavy atom. The summed E-state index contributed by atoms with van der Waals surface area (Å²) in [7, 11) is 0. The van der Waals surface area contributed by atoms with Gasteiger partial charge in [0.1, 0.15) is 5.75 Å². The Morgan fingerprint density at radius 2 is 1.55 bits per heavy atom. The standard InChI is InChI=1S/C45H39NO5/c1-3-12-29-15-11-18-34(41(29)48)40-32-23-24-33-39(44(51)46(43(33)50)31-21-19-27(4-2)20-22-31)36(32)25-37-42(49)35(28-13-7-5-8-14-28)26-38(47)45(37,40)30-16-9-6-10-17-30/h3,5-11,13-23,26,33,36-37,39-40,48H,1,4,12,24-25H2,2H3. The number of carbonyl (C=O) groups is 4. The SMILES string of the molecule is C=CCc1cccc(C2C3=CCC4C(=O)N(c5ccc(CC)cc5)C(=O)C4C3CC3C(=O)C(c4ccccc4)=CC(=O)C32c2ccccc2)c1O. The number of anilines is 1. The lowest BCUT2D eigenvalue weighted by molar-refractivity contribution is -0.135. The average molecular weight is 674 g/mol. The summed E-state index contributed by atoms with van der Waals surface area (Å²) >= 11 is 0. The number of aryl methyl sites for hydroxylation is 1. The number of aromatic hydroxyl groups is 1. The minimum Gasteiger partial charge on any atom is -0.507 e. The molecule has 51 heavy (non-hydrogen) atoms. The highest BCUT2D eigenvalue weighted by molar-refractivity contribution is 6.32. The summed E-state index contributed by atoms with van der Waals surface area (Å²) in [5.74, 6) is -4.35. The van der Waals surface area contributed by atoms with Crippen molar-refractivity contribution in [2.75, 3.05) is 4.90 Å². The van der Waals surface area contributed by atoms with Crippen molar-refractivity contribution < 1.29 is 24.3 Å². The summed E-state index contributed by atoms with van der Waals surface area (Å²) in [6.45, 7) is 5.94. The predicted molar refractivity (Wildman–Crippen MR) is 197 cm³/mol. The van der Waals surface area contributed by atoms with E-state index in [4.69, 9.17) is 0 Å². The molecule has 0 bridgehead atoms. The van der Waals surface area contributed by atoms with E-state index in [-0.39, 0.29) is 35.6 Å². The van der Waals surface area contributed by atoms with Crippen molar-refractivity contribution >= 4 is 34.6 Å². The molecule has 6 atom stereocenters. The monoisotopic (exact) mass is 673 g/mol. The maximum atomic E-state index is 15.2. The number of amides is 2. The van der Waals surface area contributed by atoms with Gasteiger partial charge in [-0.15, -0.1) is 6.58 Å². The van der Waals surface area contributed by atoms with E-state index in [9.17, 15) is 14.7 Å². The molecule has 0 spiro atoms. The molecular weight excluding hydrogens is 634 g/mol. The Morgan fingerprint density at radius 1 is 0.843 bits per heavy atom. The highest BCUT2D eigenvalue weighted by Crippen LogP contribution is 2.64. The summed E-state index contributed by atoms with van der Waals surface area (Å²) in [5, 5.41) is 12.0. The molecule has 2 amide bonds. The molecule has 4 aliphatic rings. The van der Waals surface area contributed by atoms with Gasteiger partial charge in [0.25, 0.3) is 0 Å². The van der Waals surface area contributed by atoms with Gasteiger partial charge in [-0.05, 0) is 72.1 Å². The van der Waals surface area contributed by atoms with Gasteiger partial charge in [0.15, 0.2) is 11.6 Å². The number of hydrogen-bond donors (Lipinski definition) is 1. The zero-order valence-electron chi connectivity index (χ0n) is 28.5. The van der Waals surface area contributed by atoms with Crippen LogP contribution < -0.4 is 4.90 Å². The topological polar surface area (TPSA) is 91.8 Å². The van der Waals surface area contributed by atoms with Gasteiger partial charge < -0.3 is 5.11 Å². The molecule has 0 aromatic heterocycles. The summed E-state index contributed by atoms with van der Waals surface area (Å²) in [6, 6.07) is 31.7. The van der Waals surface area contributed by atoms with E-state index in [0.717, 1.165) is 17.6 Å². The van der Waals surface area contributed by atoms with Crippen LogP contribution >= 0.6 is 0 Å². The number of hydrogen-bond acceptors (Lipinski definition) is 5. The van der Waals surface area contributed by atoms with E-state index in [0.29, 0.717) is 46.4 Å². The number of ketones is 2. The van der Waals surface area contributed by atoms with Crippen LogP contribution in [0.3, 0.4) is 0 Å². The average Bonchev–Trinajstić information content (AvgIpc) is 3.42. The summed E-state index contributed by atoms with van der Waals surface area (Å²) in [6.07, 6.45) is 7.01. The van der Waals surface area contributed by atoms with Crippen LogP contribution in [0.15, 0.2) is 134 Å². The van der Waals surface area contributed by atoms with Crippen LogP contribution in [0.2, 0.25) is 0 Å². The molecule has 1 aliphatic heterocycles. The number of nitrogens with zero attached hydrogens (tertiary/aromatic N) is 1. The van der Waals surface area contributed by atoms with Gasteiger partial charge in [-0.2, -0.15) is 0 Å². The molecule has 0 radical (unpaired) electrons. The lowest BCUT2D eigenvalue weighted by Gasteiger charge is -2.55. The first kappa shape index (κ1) is 32.6. The third-order valence-corrected chi connectivity index (χ3v) is 11.8. The molecule has 6 unspecified atom stereocenters. The van der Waals surface area contributed by atoms with Crippen molar-refractivity contribution in [2.24, 2.45) is 23.7 Å². The van der Waals surface area contributed by atoms with Crippen molar-refractivity contribution in [3.05, 3.63) is 161 Å². The van der Waals surface area contributed by atoms with Crippen LogP contribution in [-0.4, -0.2) is 28.5 Å². The maximum absolute atomic E-state index is 15.2. The van der Waals surface area contributed by atoms with Crippen LogP contribution in [0, 0.1) is 23.7 Å². The van der Waals surface area contributed by atoms with Gasteiger partial charge in [-0.3, -0.25) is 24.1 Å². The van der Waals surface area contributed by atoms with Crippen molar-refractivity contribution in [3.63, 3.8) is 0 Å². The first-order valence-corrected chi connectivity index (χ1v) is 17.8. The molecule has 4 aromatic rings. The maximum Gasteiger partial charge on any atom is 0.238 e. The Hall–Kier alpha value is -5.62. The van der Waals surface area contributed by atoms with E-state index in [1.807, 2.05) is 109 Å². The van der Waals surface area contributed by atoms with Crippen molar-refractivity contribution in [3.8, 4) is 5.75 Å². The largest absolute Gasteiger partial charge is 0.507 e. The molecule has 6 nitrogen and oxygen atoms in total. The number of rotatable bonds is 7. The van der Waals surface area contributed by atoms with Gasteiger partial charge in [-0.25, -0.2) is 0 Å². The Labute approximate surface area is 297 Å². The number of allylic oxidation sites excluding steroid dienone is 5. The number of Topliss-reactive ketones (excluding diaryl/α,β-unsaturated/α-hetero) is 1. The first-order valence-electron chi connectivity index (χ1n) is 17.8. The molecule has 1 saturated heterocycles. The molecular formula is C45H39NO5. The lowest BCUT2D eigenvalue weighted by atomic mass is 9.44. The molecule has 6 heteroatoms. The quantitative estimate of drug-likeness (QED) is 0.160. The Kier molecular flexibility index (Phi) is 8.06. The number of imide groups is 1. The first-order chi connectivity index (χ1) is 24.8. The predicted octanol–water partition coefficient (Wildman–Crippen LogP) is 7.71. The Balaban J connectivity index is 1.36. The zero-order valence-corrected chi connectivity index (χ0v) is 28.5. The molecule has 8 rings (SSSR count). The number of phenolic OH excluding ortho intramolecular Hbond substituents is 1. The van der Waals surface area contributed by atoms with Gasteiger partial charge in [-0.1, -0.05) is 116 Å². The van der Waals surface area contributed by atoms with E-state index >= 15 is 9.59 Å². The lowest BCUT2D eigenvalue weighted by Crippen LogP contribution is -2.58. The number of carbonyl (C=O) groups excluding carboxylic acids is 4. The third kappa shape index (κ3) is 4.84. The Bertz CT molecular complexity index is 2150. The van der Waals surface area contributed by atoms with E-state index < -0.39 is 35.0 Å². The number of para-hydroxylation sites is 1. The highest BCUT2D eigenvalue weighted by Gasteiger charge is 2.66. The van der Waals surface area contributed by atoms with E-state index in [1.165, 1.54) is 11.0 Å². The molecule has 1 N–H and O–H groups in total. The molecule has 1 heterocycles. The van der Waals surface area contributed by atoms with Crippen LogP contribution in [0.4, 0.5) is 5.69 Å². The normalized spacial score (nSPS) is 26.9. The van der Waals surface area contributed by atoms with E-state index in [1.54, 1.807) is 6.08 Å². The fraction of sp³-hybridized carbons (Fsp3) is 0.244. The van der Waals surface area contributed by atoms with E-state index in [2.05, 4.69) is 13.5 Å².